The van der Waals surface area contributed by atoms with Crippen molar-refractivity contribution in [1.29, 1.82) is 0 Å². The number of methoxy groups -OCH3 is 1. The Bertz CT molecular complexity index is 731. The Morgan fingerprint density at radius 2 is 1.73 bits per heavy atom. The van der Waals surface area contributed by atoms with Gasteiger partial charge in [-0.25, -0.2) is 0 Å². The van der Waals surface area contributed by atoms with Gasteiger partial charge in [0.1, 0.15) is 11.2 Å². The Morgan fingerprint density at radius 3 is 2.41 bits per heavy atom. The molecule has 1 unspecified atom stereocenters. The average Bonchev–Trinajstić information content (AvgIpc) is 2.58. The summed E-state index contributed by atoms with van der Waals surface area (Å²) < 4.78 is 5.12. The SMILES string of the molecule is COc1ccc(C(=O)C2(C)C(=O)CCc3ccccc32)cc1. The molecule has 0 aromatic heterocycles. The van der Waals surface area contributed by atoms with Gasteiger partial charge in [-0.3, -0.25) is 9.59 Å². The van der Waals surface area contributed by atoms with Gasteiger partial charge in [-0.2, -0.15) is 0 Å². The van der Waals surface area contributed by atoms with E-state index in [4.69, 9.17) is 4.74 Å². The summed E-state index contributed by atoms with van der Waals surface area (Å²) in [5.41, 5.74) is 1.37. The molecule has 0 heterocycles. The molecule has 0 spiro atoms. The van der Waals surface area contributed by atoms with Crippen LogP contribution in [-0.2, 0) is 16.6 Å². The van der Waals surface area contributed by atoms with Gasteiger partial charge in [0.05, 0.1) is 7.11 Å². The Balaban J connectivity index is 2.08. The van der Waals surface area contributed by atoms with E-state index in [2.05, 4.69) is 0 Å². The van der Waals surface area contributed by atoms with Crippen molar-refractivity contribution in [3.8, 4) is 5.75 Å². The number of fused-ring (bicyclic) bond motifs is 1. The fourth-order valence-electron chi connectivity index (χ4n) is 3.15. The maximum atomic E-state index is 13.0. The quantitative estimate of drug-likeness (QED) is 0.644. The van der Waals surface area contributed by atoms with Crippen LogP contribution in [-0.4, -0.2) is 18.7 Å². The predicted octanol–water partition coefficient (Wildman–Crippen LogP) is 3.35. The molecule has 112 valence electrons. The second-order valence-electron chi connectivity index (χ2n) is 5.76. The van der Waals surface area contributed by atoms with Gasteiger partial charge in [-0.05, 0) is 48.7 Å². The molecule has 1 aliphatic carbocycles. The molecule has 1 aliphatic rings. The number of benzene rings is 2. The number of ether oxygens (including phenoxy) is 1. The van der Waals surface area contributed by atoms with Gasteiger partial charge in [0.15, 0.2) is 11.6 Å². The molecule has 0 aliphatic heterocycles. The number of rotatable bonds is 3. The van der Waals surface area contributed by atoms with Gasteiger partial charge in [0, 0.05) is 12.0 Å². The number of aryl methyl sites for hydroxylation is 1. The maximum Gasteiger partial charge on any atom is 0.180 e. The van der Waals surface area contributed by atoms with Crippen LogP contribution in [0.2, 0.25) is 0 Å². The fraction of sp³-hybridized carbons (Fsp3) is 0.263. The lowest BCUT2D eigenvalue weighted by molar-refractivity contribution is -0.123. The molecular formula is C19H18O3. The van der Waals surface area contributed by atoms with Crippen LogP contribution in [0.25, 0.3) is 0 Å². The molecule has 0 radical (unpaired) electrons. The highest BCUT2D eigenvalue weighted by Crippen LogP contribution is 2.37. The van der Waals surface area contributed by atoms with Crippen molar-refractivity contribution in [1.82, 2.24) is 0 Å². The third-order valence-electron chi connectivity index (χ3n) is 4.54. The van der Waals surface area contributed by atoms with Crippen LogP contribution >= 0.6 is 0 Å². The highest BCUT2D eigenvalue weighted by atomic mass is 16.5. The molecule has 3 nitrogen and oxygen atoms in total. The zero-order valence-electron chi connectivity index (χ0n) is 12.8. The molecule has 0 bridgehead atoms. The van der Waals surface area contributed by atoms with E-state index < -0.39 is 5.41 Å². The van der Waals surface area contributed by atoms with E-state index >= 15 is 0 Å². The Morgan fingerprint density at radius 1 is 1.05 bits per heavy atom. The molecule has 0 amide bonds. The van der Waals surface area contributed by atoms with Crippen LogP contribution < -0.4 is 4.74 Å². The van der Waals surface area contributed by atoms with E-state index in [1.165, 1.54) is 0 Å². The molecule has 0 saturated carbocycles. The first-order valence-electron chi connectivity index (χ1n) is 7.38. The summed E-state index contributed by atoms with van der Waals surface area (Å²) in [6.45, 7) is 1.75. The fourth-order valence-corrected chi connectivity index (χ4v) is 3.15. The summed E-state index contributed by atoms with van der Waals surface area (Å²) in [5, 5.41) is 0. The standard InChI is InChI=1S/C19H18O3/c1-19(18(21)14-7-10-15(22-2)11-8-14)16-6-4-3-5-13(16)9-12-17(19)20/h3-8,10-11H,9,12H2,1-2H3. The lowest BCUT2D eigenvalue weighted by Gasteiger charge is -2.33. The second-order valence-corrected chi connectivity index (χ2v) is 5.76. The molecular weight excluding hydrogens is 276 g/mol. The number of carbonyl (C=O) groups is 2. The third-order valence-corrected chi connectivity index (χ3v) is 4.54. The summed E-state index contributed by atoms with van der Waals surface area (Å²) in [5.74, 6) is 0.538. The number of hydrogen-bond donors (Lipinski definition) is 0. The number of carbonyl (C=O) groups excluding carboxylic acids is 2. The Labute approximate surface area is 129 Å². The van der Waals surface area contributed by atoms with Gasteiger partial charge >= 0.3 is 0 Å². The smallest absolute Gasteiger partial charge is 0.180 e. The van der Waals surface area contributed by atoms with E-state index in [-0.39, 0.29) is 11.6 Å². The topological polar surface area (TPSA) is 43.4 Å². The molecule has 2 aromatic rings. The molecule has 0 N–H and O–H groups in total. The van der Waals surface area contributed by atoms with Crippen LogP contribution in [0.15, 0.2) is 48.5 Å². The van der Waals surface area contributed by atoms with Crippen LogP contribution in [0, 0.1) is 0 Å². The van der Waals surface area contributed by atoms with Crippen molar-refractivity contribution in [3.63, 3.8) is 0 Å². The number of ketones is 2. The van der Waals surface area contributed by atoms with Crippen LogP contribution in [0.1, 0.15) is 34.8 Å². The van der Waals surface area contributed by atoms with Gasteiger partial charge in [-0.1, -0.05) is 24.3 Å². The molecule has 22 heavy (non-hydrogen) atoms. The second kappa shape index (κ2) is 5.41. The van der Waals surface area contributed by atoms with Gasteiger partial charge in [0.2, 0.25) is 0 Å². The molecule has 0 fully saturated rings. The Kier molecular flexibility index (Phi) is 3.57. The van der Waals surface area contributed by atoms with Crippen molar-refractivity contribution >= 4 is 11.6 Å². The number of Topliss-reactive ketones (excluding diaryl/α,β-unsaturated/α-hetero) is 2. The highest BCUT2D eigenvalue weighted by Gasteiger charge is 2.45. The molecule has 0 saturated heterocycles. The molecule has 3 rings (SSSR count). The minimum absolute atomic E-state index is 0.00739. The summed E-state index contributed by atoms with van der Waals surface area (Å²) in [6.07, 6.45) is 1.12. The zero-order valence-corrected chi connectivity index (χ0v) is 12.8. The average molecular weight is 294 g/mol. The van der Waals surface area contributed by atoms with Crippen LogP contribution in [0.3, 0.4) is 0 Å². The lowest BCUT2D eigenvalue weighted by Crippen LogP contribution is -2.44. The van der Waals surface area contributed by atoms with Crippen LogP contribution in [0.5, 0.6) is 5.75 Å². The van der Waals surface area contributed by atoms with E-state index in [0.717, 1.165) is 11.1 Å². The minimum Gasteiger partial charge on any atom is -0.497 e. The van der Waals surface area contributed by atoms with Gasteiger partial charge in [-0.15, -0.1) is 0 Å². The van der Waals surface area contributed by atoms with Crippen molar-refractivity contribution in [3.05, 3.63) is 65.2 Å². The van der Waals surface area contributed by atoms with Crippen molar-refractivity contribution in [2.24, 2.45) is 0 Å². The van der Waals surface area contributed by atoms with Crippen molar-refractivity contribution < 1.29 is 14.3 Å². The predicted molar refractivity (Wildman–Crippen MR) is 84.4 cm³/mol. The number of hydrogen-bond acceptors (Lipinski definition) is 3. The van der Waals surface area contributed by atoms with E-state index in [1.54, 1.807) is 38.3 Å². The van der Waals surface area contributed by atoms with Gasteiger partial charge < -0.3 is 4.74 Å². The highest BCUT2D eigenvalue weighted by molar-refractivity contribution is 6.19. The van der Waals surface area contributed by atoms with Crippen molar-refractivity contribution in [2.75, 3.05) is 7.11 Å². The van der Waals surface area contributed by atoms with Crippen LogP contribution in [0.4, 0.5) is 0 Å². The molecule has 3 heteroatoms. The third kappa shape index (κ3) is 2.13. The summed E-state index contributed by atoms with van der Waals surface area (Å²) in [7, 11) is 1.58. The molecule has 2 aromatic carbocycles. The van der Waals surface area contributed by atoms with Gasteiger partial charge in [0.25, 0.3) is 0 Å². The first-order valence-corrected chi connectivity index (χ1v) is 7.38. The molecule has 1 atom stereocenters. The maximum absolute atomic E-state index is 13.0. The first-order chi connectivity index (χ1) is 10.6. The normalized spacial score (nSPS) is 20.4. The van der Waals surface area contributed by atoms with Crippen molar-refractivity contribution in [2.45, 2.75) is 25.2 Å². The Hall–Kier alpha value is -2.42. The zero-order chi connectivity index (χ0) is 15.7. The largest absolute Gasteiger partial charge is 0.497 e. The summed E-state index contributed by atoms with van der Waals surface area (Å²) in [4.78, 5) is 25.6. The minimum atomic E-state index is -1.09. The van der Waals surface area contributed by atoms with E-state index in [9.17, 15) is 9.59 Å². The summed E-state index contributed by atoms with van der Waals surface area (Å²) >= 11 is 0. The van der Waals surface area contributed by atoms with E-state index in [1.807, 2.05) is 24.3 Å². The monoisotopic (exact) mass is 294 g/mol. The van der Waals surface area contributed by atoms with E-state index in [0.29, 0.717) is 24.2 Å². The summed E-state index contributed by atoms with van der Waals surface area (Å²) in [6, 6.07) is 14.7. The lowest BCUT2D eigenvalue weighted by atomic mass is 9.66. The first kappa shape index (κ1) is 14.5.